The minimum absolute atomic E-state index is 0.0391. The molecule has 0 saturated carbocycles. The van der Waals surface area contributed by atoms with E-state index in [2.05, 4.69) is 186 Å². The van der Waals surface area contributed by atoms with E-state index in [4.69, 9.17) is 28.0 Å². The number of likely N-dealkylation sites (N-methyl/N-ethyl adjacent to an activating group) is 8. The Hall–Kier alpha value is -6.30. The van der Waals surface area contributed by atoms with Gasteiger partial charge in [0.05, 0.1) is 47.8 Å². The van der Waals surface area contributed by atoms with Crippen molar-refractivity contribution in [1.29, 1.82) is 0 Å². The maximum Gasteiger partial charge on any atom is 0.303 e. The molecule has 5 saturated heterocycles. The number of aliphatic carboxylic acids is 1. The molecule has 39 heteroatoms. The molecule has 9 rings (SSSR count). The molecule has 0 aliphatic carbocycles. The third-order valence-electron chi connectivity index (χ3n) is 22.3. The highest BCUT2D eigenvalue weighted by Crippen LogP contribution is 2.15. The molecule has 0 unspecified atom stereocenters. The zero-order valence-electron chi connectivity index (χ0n) is 85.3. The minimum atomic E-state index is -3.52. The largest absolute Gasteiger partial charge is 0.481 e. The molecule has 0 spiro atoms. The van der Waals surface area contributed by atoms with Crippen LogP contribution in [-0.2, 0) is 65.1 Å². The molecule has 2 amide bonds. The molecule has 19 N–H and O–H groups in total. The van der Waals surface area contributed by atoms with Gasteiger partial charge in [0.1, 0.15) is 5.75 Å². The lowest BCUT2D eigenvalue weighted by molar-refractivity contribution is -0.137. The predicted octanol–water partition coefficient (Wildman–Crippen LogP) is 1.10. The summed E-state index contributed by atoms with van der Waals surface area (Å²) in [4.78, 5) is 84.3. The van der Waals surface area contributed by atoms with Crippen LogP contribution >= 0.6 is 0 Å². The number of amides is 2. The number of aryl methyl sites for hydroxylation is 1. The standard InChI is InChI=1S/C15H19N3.C12H14N4.2C12H28N4.C10H23N3.C10H20N2O6S2.2C9H21N3.C7H14N2O3/c1(7-14-8-2-5-11-17-14)4-10-16-13-15-9-3-6-12-18-15;13-7-9-3-1-5-11(15-9)12-6-2-4-10(8-14)16-12;1-13(2)5-10-16-11-8-14(3)6-7-15(4)9-12-16;1-13-5-7-14(2)9-11-16(4)12-10-15(3)8-6-13;1-13-9-4-2-3-5-11-6-7-12-8-10-13;1-19(15,16)8-9(13)7-11-6-4-3-5-10(14)12-20(2,17)18;10-4-8-12-7-3-1-2-5-11-6-9-12;1-2-4-10-6-8-12-9-7-11-5-3-1;8-6(10)5-9-4-2-1-3-7(11)12/h2-3,5-6,8-9,11-12,16H,1,4,7,10,13H2;1-6H,7-8,13-14H2;2*5-12H2,1-4H3;11-12H,2-10H2,1H3;11H,3-8H2,1-2H3,(H,12,14);11H,1-10H2;10-12H,1-9H2;9H,1-5H2,(H2,8,10)(H,11,12). The van der Waals surface area contributed by atoms with Crippen LogP contribution in [0, 0.1) is 0 Å². The van der Waals surface area contributed by atoms with Gasteiger partial charge in [0.15, 0.2) is 15.6 Å². The first-order valence-corrected chi connectivity index (χ1v) is 53.6. The van der Waals surface area contributed by atoms with Crippen molar-refractivity contribution in [1.82, 2.24) is 122 Å². The van der Waals surface area contributed by atoms with E-state index in [9.17, 15) is 36.0 Å². The van der Waals surface area contributed by atoms with Crippen LogP contribution in [0.5, 0.6) is 0 Å². The number of aromatic nitrogens is 4. The molecule has 5 aliphatic rings. The summed E-state index contributed by atoms with van der Waals surface area (Å²) in [5.74, 6) is -2.65. The summed E-state index contributed by atoms with van der Waals surface area (Å²) in [6, 6.07) is 23.6. The summed E-state index contributed by atoms with van der Waals surface area (Å²) in [7, 11) is 13.0. The lowest BCUT2D eigenvalue weighted by Gasteiger charge is -2.28. The molecule has 0 radical (unpaired) electrons. The van der Waals surface area contributed by atoms with Crippen LogP contribution in [0.2, 0.25) is 0 Å². The smallest absolute Gasteiger partial charge is 0.303 e. The molecular formula is C96H188N28O9S2. The van der Waals surface area contributed by atoms with Gasteiger partial charge in [0.2, 0.25) is 21.8 Å². The number of sulfonamides is 1. The number of carbonyl (C=O) groups excluding carboxylic acids is 3. The number of ketones is 1. The first-order valence-electron chi connectivity index (χ1n) is 49.7. The Labute approximate surface area is 816 Å². The van der Waals surface area contributed by atoms with E-state index in [1.165, 1.54) is 220 Å². The molecule has 5 fully saturated rings. The summed E-state index contributed by atoms with van der Waals surface area (Å²) in [5.41, 5.74) is 27.1. The topological polar surface area (TPSA) is 465 Å². The van der Waals surface area contributed by atoms with Crippen molar-refractivity contribution in [3.05, 3.63) is 108 Å². The second kappa shape index (κ2) is 85.7. The molecule has 9 heterocycles. The number of unbranched alkanes of at least 4 members (excludes halogenated alkanes) is 3. The second-order valence-corrected chi connectivity index (χ2v) is 39.7. The number of nitrogens with zero attached hydrogens (tertiary/aromatic N) is 14. The van der Waals surface area contributed by atoms with E-state index in [-0.39, 0.29) is 25.9 Å². The number of sulfone groups is 1. The van der Waals surface area contributed by atoms with E-state index < -0.39 is 49.2 Å². The maximum atomic E-state index is 11.2. The van der Waals surface area contributed by atoms with Crippen molar-refractivity contribution in [2.75, 3.05) is 337 Å². The number of hydrogen-bond acceptors (Lipinski definition) is 34. The lowest BCUT2D eigenvalue weighted by Crippen LogP contribution is -2.42. The number of primary amides is 1. The summed E-state index contributed by atoms with van der Waals surface area (Å²) >= 11 is 0. The molecule has 0 bridgehead atoms. The molecule has 4 aromatic heterocycles. The van der Waals surface area contributed by atoms with Crippen LogP contribution in [0.3, 0.4) is 0 Å². The van der Waals surface area contributed by atoms with Gasteiger partial charge in [-0.2, -0.15) is 0 Å². The third-order valence-corrected chi connectivity index (χ3v) is 23.7. The molecule has 135 heavy (non-hydrogen) atoms. The fraction of sp³-hybridized carbons (Fsp3) is 0.750. The van der Waals surface area contributed by atoms with E-state index in [1.807, 2.05) is 83.8 Å². The SMILES string of the molecule is C1CCNCCNCCNCC1.CN(C)CCN1CCN(C)CCN(C)CC1.CN1CCCCCNCCNCC1.CN1CCN(C)CCN(C)CCN(C)CC1.CS(=O)(=O)CC(=O)CNCCCCC(=O)NS(C)(=O)=O.NC(=O)CNCCCCC(=O)O.NCCN1CCCCCNCC1.NCc1cccc(-c2cccc(CN)n2)n1.c1ccc(CCCCNCc2ccccn2)nc1. The Bertz CT molecular complexity index is 3430. The van der Waals surface area contributed by atoms with Gasteiger partial charge in [0.25, 0.3) is 0 Å². The van der Waals surface area contributed by atoms with Crippen molar-refractivity contribution in [2.45, 2.75) is 135 Å². The predicted molar refractivity (Wildman–Crippen MR) is 556 cm³/mol. The van der Waals surface area contributed by atoms with Crippen LogP contribution in [-0.4, -0.2) is 451 Å². The first kappa shape index (κ1) is 127. The number of pyridine rings is 4. The van der Waals surface area contributed by atoms with Crippen LogP contribution in [0.1, 0.15) is 132 Å². The number of carbonyl (C=O) groups is 4. The Morgan fingerprint density at radius 3 is 1.24 bits per heavy atom. The Kier molecular flexibility index (Phi) is 80.4. The Morgan fingerprint density at radius 2 is 0.807 bits per heavy atom. The highest BCUT2D eigenvalue weighted by Gasteiger charge is 2.16. The highest BCUT2D eigenvalue weighted by atomic mass is 32.2. The average Bonchev–Trinajstić information content (AvgIpc) is 1.01. The normalized spacial score (nSPS) is 17.7. The van der Waals surface area contributed by atoms with Crippen molar-refractivity contribution >= 4 is 43.4 Å². The summed E-state index contributed by atoms with van der Waals surface area (Å²) in [6.07, 6.45) is 23.7. The van der Waals surface area contributed by atoms with Gasteiger partial charge < -0.3 is 120 Å². The van der Waals surface area contributed by atoms with E-state index in [0.717, 1.165) is 145 Å². The molecule has 37 nitrogen and oxygen atoms in total. The first-order chi connectivity index (χ1) is 64.9. The van der Waals surface area contributed by atoms with Crippen molar-refractivity contribution < 1.29 is 41.1 Å². The van der Waals surface area contributed by atoms with Crippen molar-refractivity contribution in [3.63, 3.8) is 0 Å². The van der Waals surface area contributed by atoms with Crippen molar-refractivity contribution in [3.8, 4) is 11.4 Å². The number of nitrogens with two attached hydrogens (primary N) is 4. The Morgan fingerprint density at radius 1 is 0.415 bits per heavy atom. The summed E-state index contributed by atoms with van der Waals surface area (Å²) in [6.45, 7) is 43.2. The fourth-order valence-electron chi connectivity index (χ4n) is 13.7. The number of nitrogens with one attached hydrogen (secondary N) is 10. The minimum Gasteiger partial charge on any atom is -0.481 e. The van der Waals surface area contributed by atoms with Gasteiger partial charge in [-0.25, -0.2) is 26.8 Å². The molecular weight excluding hydrogens is 1750 g/mol. The molecule has 4 aromatic rings. The summed E-state index contributed by atoms with van der Waals surface area (Å²) in [5, 5.41) is 37.7. The van der Waals surface area contributed by atoms with E-state index in [1.54, 1.807) is 0 Å². The molecule has 5 aliphatic heterocycles. The monoisotopic (exact) mass is 1940 g/mol. The van der Waals surface area contributed by atoms with Gasteiger partial charge in [-0.1, -0.05) is 43.5 Å². The zero-order valence-corrected chi connectivity index (χ0v) is 86.9. The van der Waals surface area contributed by atoms with E-state index >= 15 is 0 Å². The van der Waals surface area contributed by atoms with Gasteiger partial charge in [0, 0.05) is 240 Å². The van der Waals surface area contributed by atoms with Crippen LogP contribution in [0.25, 0.3) is 11.4 Å². The Balaban J connectivity index is 0.000000763. The van der Waals surface area contributed by atoms with Crippen LogP contribution in [0.15, 0.2) is 85.2 Å². The van der Waals surface area contributed by atoms with Gasteiger partial charge in [-0.05, 0) is 254 Å². The quantitative estimate of drug-likeness (QED) is 0.0304. The highest BCUT2D eigenvalue weighted by molar-refractivity contribution is 7.91. The zero-order chi connectivity index (χ0) is 99.5. The molecule has 0 aromatic carbocycles. The van der Waals surface area contributed by atoms with Crippen LogP contribution in [0.4, 0.5) is 0 Å². The lowest BCUT2D eigenvalue weighted by atomic mass is 10.2. The number of rotatable bonds is 32. The second-order valence-electron chi connectivity index (χ2n) is 35.8. The number of carboxylic acids is 1. The maximum absolute atomic E-state index is 11.2. The van der Waals surface area contributed by atoms with Gasteiger partial charge >= 0.3 is 5.97 Å². The third kappa shape index (κ3) is 84.3. The van der Waals surface area contributed by atoms with Gasteiger partial charge in [-0.3, -0.25) is 38.8 Å². The van der Waals surface area contributed by atoms with Gasteiger partial charge in [-0.15, -0.1) is 0 Å². The number of hydrogen-bond donors (Lipinski definition) is 15. The summed E-state index contributed by atoms with van der Waals surface area (Å²) < 4.78 is 45.0. The molecule has 778 valence electrons. The fourth-order valence-corrected chi connectivity index (χ4v) is 14.9. The number of carboxylic acid groups (broad SMARTS) is 1. The van der Waals surface area contributed by atoms with Crippen molar-refractivity contribution in [2.24, 2.45) is 22.9 Å². The van der Waals surface area contributed by atoms with Crippen LogP contribution < -0.4 is 75.5 Å². The average molecular weight is 1940 g/mol. The number of Topliss-reactive ketones (excluding diaryl/α,β-unsaturated/α-hetero) is 1. The van der Waals surface area contributed by atoms with E-state index in [0.29, 0.717) is 45.4 Å². The molecule has 0 atom stereocenters.